The molecule has 2 rings (SSSR count). The largest absolute Gasteiger partial charge is 0.446 e. The van der Waals surface area contributed by atoms with Gasteiger partial charge in [0.05, 0.1) is 4.08 Å². The molecule has 1 aromatic rings. The Labute approximate surface area is 166 Å². The predicted octanol–water partition coefficient (Wildman–Crippen LogP) is 6.24. The first-order chi connectivity index (χ1) is 11.6. The van der Waals surface area contributed by atoms with E-state index >= 15 is 0 Å². The van der Waals surface area contributed by atoms with Gasteiger partial charge in [-0.25, -0.2) is 9.10 Å². The van der Waals surface area contributed by atoms with Crippen LogP contribution in [0.1, 0.15) is 40.2 Å². The molecule has 0 bridgehead atoms. The summed E-state index contributed by atoms with van der Waals surface area (Å²) in [4.78, 5) is 18.1. The average Bonchev–Trinajstić information content (AvgIpc) is 2.89. The van der Waals surface area contributed by atoms with Gasteiger partial charge in [-0.05, 0) is 47.8 Å². The second-order valence-corrected chi connectivity index (χ2v) is 12.9. The van der Waals surface area contributed by atoms with Gasteiger partial charge in [0.15, 0.2) is 0 Å². The van der Waals surface area contributed by atoms with Crippen LogP contribution in [0.4, 0.5) is 4.79 Å². The van der Waals surface area contributed by atoms with Crippen LogP contribution >= 0.6 is 45.3 Å². The highest BCUT2D eigenvalue weighted by Gasteiger charge is 2.30. The van der Waals surface area contributed by atoms with Gasteiger partial charge < -0.3 is 0 Å². The van der Waals surface area contributed by atoms with Crippen molar-refractivity contribution in [2.45, 2.75) is 49.0 Å². The van der Waals surface area contributed by atoms with Gasteiger partial charge >= 0.3 is 6.09 Å². The van der Waals surface area contributed by atoms with Crippen LogP contribution in [-0.4, -0.2) is 32.3 Å². The Balaban J connectivity index is 1.80. The van der Waals surface area contributed by atoms with Crippen molar-refractivity contribution in [3.63, 3.8) is 0 Å². The second-order valence-electron chi connectivity index (χ2n) is 7.06. The van der Waals surface area contributed by atoms with Gasteiger partial charge in [0.2, 0.25) is 0 Å². The molecule has 1 heterocycles. The van der Waals surface area contributed by atoms with E-state index in [1.165, 1.54) is 31.6 Å². The van der Waals surface area contributed by atoms with Crippen LogP contribution in [0.25, 0.3) is 0 Å². The first kappa shape index (κ1) is 20.9. The summed E-state index contributed by atoms with van der Waals surface area (Å²) < 4.78 is 1.55. The van der Waals surface area contributed by atoms with E-state index in [-0.39, 0.29) is 9.49 Å². The maximum atomic E-state index is 12.0. The molecular formula is C17H24N2O2S4. The maximum Gasteiger partial charge on any atom is 0.446 e. The van der Waals surface area contributed by atoms with Gasteiger partial charge in [-0.1, -0.05) is 49.8 Å². The molecule has 138 valence electrons. The summed E-state index contributed by atoms with van der Waals surface area (Å²) in [5.41, 5.74) is 1.43. The van der Waals surface area contributed by atoms with Crippen molar-refractivity contribution in [1.82, 2.24) is 4.31 Å². The van der Waals surface area contributed by atoms with E-state index in [0.29, 0.717) is 0 Å². The summed E-state index contributed by atoms with van der Waals surface area (Å²) in [6.45, 7) is 10.8. The third kappa shape index (κ3) is 6.66. The fourth-order valence-corrected chi connectivity index (χ4v) is 5.84. The molecule has 0 atom stereocenters. The van der Waals surface area contributed by atoms with Crippen LogP contribution in [0.3, 0.4) is 0 Å². The van der Waals surface area contributed by atoms with Gasteiger partial charge in [-0.2, -0.15) is 0 Å². The molecule has 0 saturated carbocycles. The molecule has 1 aliphatic rings. The molecule has 4 nitrogen and oxygen atoms in total. The lowest BCUT2D eigenvalue weighted by atomic mass is 9.87. The van der Waals surface area contributed by atoms with Crippen LogP contribution in [0, 0.1) is 0 Å². The van der Waals surface area contributed by atoms with Crippen LogP contribution in [0.2, 0.25) is 0 Å². The molecule has 0 radical (unpaired) electrons. The summed E-state index contributed by atoms with van der Waals surface area (Å²) in [6, 6.07) is 8.41. The van der Waals surface area contributed by atoms with E-state index in [9.17, 15) is 4.79 Å². The van der Waals surface area contributed by atoms with Gasteiger partial charge in [0.1, 0.15) is 5.04 Å². The number of benzene rings is 1. The van der Waals surface area contributed by atoms with Crippen LogP contribution < -0.4 is 0 Å². The van der Waals surface area contributed by atoms with Crippen molar-refractivity contribution >= 4 is 56.4 Å². The number of carbonyl (C=O) groups is 1. The number of carbonyl (C=O) groups excluding carboxylic acids is 1. The second kappa shape index (κ2) is 8.50. The Morgan fingerprint density at radius 1 is 1.28 bits per heavy atom. The number of hydrogen-bond acceptors (Lipinski definition) is 7. The number of nitrogens with zero attached hydrogens (tertiary/aromatic N) is 2. The minimum atomic E-state index is -0.466. The lowest BCUT2D eigenvalue weighted by molar-refractivity contribution is 0.137. The van der Waals surface area contributed by atoms with E-state index < -0.39 is 6.09 Å². The first-order valence-electron chi connectivity index (χ1n) is 7.86. The zero-order valence-corrected chi connectivity index (χ0v) is 18.6. The van der Waals surface area contributed by atoms with Gasteiger partial charge in [0.25, 0.3) is 0 Å². The van der Waals surface area contributed by atoms with Gasteiger partial charge in [-0.15, -0.1) is 11.8 Å². The zero-order chi connectivity index (χ0) is 18.7. The summed E-state index contributed by atoms with van der Waals surface area (Å²) in [5, 5.41) is 4.83. The van der Waals surface area contributed by atoms with E-state index in [4.69, 9.17) is 4.84 Å². The molecule has 0 unspecified atom stereocenters. The summed E-state index contributed by atoms with van der Waals surface area (Å²) in [5.74, 6) is 0.788. The molecule has 0 spiro atoms. The van der Waals surface area contributed by atoms with E-state index in [0.717, 1.165) is 15.7 Å². The summed E-state index contributed by atoms with van der Waals surface area (Å²) in [7, 11) is 4.53. The average molecular weight is 417 g/mol. The van der Waals surface area contributed by atoms with Gasteiger partial charge in [-0.3, -0.25) is 4.84 Å². The minimum Gasteiger partial charge on any atom is -0.296 e. The zero-order valence-electron chi connectivity index (χ0n) is 15.4. The smallest absolute Gasteiger partial charge is 0.296 e. The third-order valence-electron chi connectivity index (χ3n) is 3.36. The number of amides is 1. The number of thioether (sulfide) groups is 2. The molecule has 0 aromatic heterocycles. The summed E-state index contributed by atoms with van der Waals surface area (Å²) >= 11 is 3.44. The molecule has 1 aromatic carbocycles. The number of oxime groups is 1. The molecule has 8 heteroatoms. The highest BCUT2D eigenvalue weighted by molar-refractivity contribution is 8.75. The molecule has 25 heavy (non-hydrogen) atoms. The van der Waals surface area contributed by atoms with Gasteiger partial charge in [0, 0.05) is 28.7 Å². The van der Waals surface area contributed by atoms with Crippen LogP contribution in [-0.2, 0) is 10.3 Å². The van der Waals surface area contributed by atoms with Crippen molar-refractivity contribution in [2.24, 2.45) is 5.16 Å². The molecule has 1 saturated heterocycles. The van der Waals surface area contributed by atoms with Crippen LogP contribution in [0.15, 0.2) is 34.3 Å². The first-order valence-corrected chi connectivity index (χ1v) is 11.8. The topological polar surface area (TPSA) is 41.9 Å². The maximum absolute atomic E-state index is 12.0. The molecule has 0 aliphatic carbocycles. The highest BCUT2D eigenvalue weighted by atomic mass is 33.1. The van der Waals surface area contributed by atoms with Crippen molar-refractivity contribution in [3.8, 4) is 0 Å². The quantitative estimate of drug-likeness (QED) is 0.250. The Morgan fingerprint density at radius 3 is 2.44 bits per heavy atom. The molecular weight excluding hydrogens is 392 g/mol. The van der Waals surface area contributed by atoms with E-state index in [2.05, 4.69) is 64.0 Å². The Bertz CT molecular complexity index is 639. The van der Waals surface area contributed by atoms with Crippen molar-refractivity contribution in [3.05, 3.63) is 29.8 Å². The van der Waals surface area contributed by atoms with Crippen molar-refractivity contribution < 1.29 is 9.63 Å². The minimum absolute atomic E-state index is 0.0982. The normalized spacial score (nSPS) is 18.4. The molecule has 1 aliphatic heterocycles. The van der Waals surface area contributed by atoms with E-state index in [1.807, 2.05) is 0 Å². The fraction of sp³-hybridized carbons (Fsp3) is 0.529. The lowest BCUT2D eigenvalue weighted by Crippen LogP contribution is -2.18. The van der Waals surface area contributed by atoms with Crippen molar-refractivity contribution in [2.75, 3.05) is 12.8 Å². The molecule has 1 fully saturated rings. The Kier molecular flexibility index (Phi) is 7.09. The summed E-state index contributed by atoms with van der Waals surface area (Å²) in [6.07, 6.45) is -0.466. The standard InChI is InChI=1S/C17H24N2O2S4/c1-16(2,3)12-7-9-13(10-8-12)24-25-19(6)15(20)21-18-14-11-22-17(4,5)23-14/h7-10H,11H2,1-6H3. The number of rotatable bonds is 4. The number of hydrogen-bond donors (Lipinski definition) is 0. The molecule has 1 amide bonds. The predicted molar refractivity (Wildman–Crippen MR) is 114 cm³/mol. The fourth-order valence-electron chi connectivity index (χ4n) is 1.91. The lowest BCUT2D eigenvalue weighted by Gasteiger charge is -2.19. The Morgan fingerprint density at radius 2 is 1.92 bits per heavy atom. The van der Waals surface area contributed by atoms with Crippen molar-refractivity contribution in [1.29, 1.82) is 0 Å². The monoisotopic (exact) mass is 416 g/mol. The highest BCUT2D eigenvalue weighted by Crippen LogP contribution is 2.44. The third-order valence-corrected chi connectivity index (χ3v) is 8.58. The molecule has 0 N–H and O–H groups in total. The van der Waals surface area contributed by atoms with Crippen LogP contribution in [0.5, 0.6) is 0 Å². The SMILES string of the molecule is CN(SSc1ccc(C(C)(C)C)cc1)C(=O)ON=C1CSC(C)(C)S1. The van der Waals surface area contributed by atoms with E-state index in [1.54, 1.807) is 30.6 Å². The Hall–Kier alpha value is -0.440.